The van der Waals surface area contributed by atoms with E-state index >= 15 is 0 Å². The fourth-order valence-electron chi connectivity index (χ4n) is 7.33. The summed E-state index contributed by atoms with van der Waals surface area (Å²) in [5, 5.41) is 2.49. The molecule has 0 N–H and O–H groups in total. The maximum absolute atomic E-state index is 2.35. The van der Waals surface area contributed by atoms with Gasteiger partial charge in [-0.25, -0.2) is 0 Å². The van der Waals surface area contributed by atoms with Gasteiger partial charge in [0.2, 0.25) is 0 Å². The second-order valence-corrected chi connectivity index (χ2v) is 13.4. The van der Waals surface area contributed by atoms with Gasteiger partial charge < -0.3 is 4.90 Å². The Kier molecular flexibility index (Phi) is 8.66. The molecule has 53 heavy (non-hydrogen) atoms. The van der Waals surface area contributed by atoms with Crippen LogP contribution >= 0.6 is 0 Å². The number of hydrogen-bond donors (Lipinski definition) is 0. The van der Waals surface area contributed by atoms with Crippen molar-refractivity contribution >= 4 is 27.8 Å². The SMILES string of the molecule is c1ccc(-c2ccc(N(c3ccc(-c4ccc(-c5ccccc5)c(-c5ccc6ccccc6c5)c4)cc3)c3cccc(-c4ccccc4)c3)cc2)cc1. The average molecular weight is 676 g/mol. The first-order valence-electron chi connectivity index (χ1n) is 18.2. The van der Waals surface area contributed by atoms with Crippen LogP contribution in [0.15, 0.2) is 224 Å². The van der Waals surface area contributed by atoms with E-state index in [9.17, 15) is 0 Å². The highest BCUT2D eigenvalue weighted by atomic mass is 15.1. The standard InChI is InChI=1S/C52H37N/c1-4-13-38(14-5-1)41-25-30-48(31-26-41)53(50-22-12-21-45(36-50)39-15-6-2-7-16-39)49-32-27-42(28-33-49)46-29-34-51(43-18-8-3-9-19-43)52(37-46)47-24-23-40-17-10-11-20-44(40)35-47/h1-37H. The van der Waals surface area contributed by atoms with Crippen LogP contribution in [0.4, 0.5) is 17.1 Å². The van der Waals surface area contributed by atoms with Crippen molar-refractivity contribution in [2.45, 2.75) is 0 Å². The van der Waals surface area contributed by atoms with Gasteiger partial charge in [-0.3, -0.25) is 0 Å². The molecule has 0 saturated heterocycles. The molecule has 0 heterocycles. The minimum atomic E-state index is 1.10. The van der Waals surface area contributed by atoms with Crippen molar-refractivity contribution in [1.82, 2.24) is 0 Å². The number of nitrogens with zero attached hydrogens (tertiary/aromatic N) is 1. The van der Waals surface area contributed by atoms with E-state index < -0.39 is 0 Å². The summed E-state index contributed by atoms with van der Waals surface area (Å²) in [5.74, 6) is 0. The lowest BCUT2D eigenvalue weighted by Crippen LogP contribution is -2.10. The second kappa shape index (κ2) is 14.3. The molecule has 0 saturated carbocycles. The van der Waals surface area contributed by atoms with Gasteiger partial charge in [0.1, 0.15) is 0 Å². The molecule has 250 valence electrons. The van der Waals surface area contributed by atoms with Gasteiger partial charge in [0.05, 0.1) is 0 Å². The lowest BCUT2D eigenvalue weighted by molar-refractivity contribution is 1.28. The van der Waals surface area contributed by atoms with Crippen molar-refractivity contribution in [3.8, 4) is 55.6 Å². The fourth-order valence-corrected chi connectivity index (χ4v) is 7.33. The van der Waals surface area contributed by atoms with Gasteiger partial charge in [-0.1, -0.05) is 176 Å². The Morgan fingerprint density at radius 2 is 0.660 bits per heavy atom. The molecule has 9 rings (SSSR count). The molecule has 0 aliphatic heterocycles. The quantitative estimate of drug-likeness (QED) is 0.155. The van der Waals surface area contributed by atoms with Gasteiger partial charge in [0.15, 0.2) is 0 Å². The largest absolute Gasteiger partial charge is 0.310 e. The molecule has 0 atom stereocenters. The van der Waals surface area contributed by atoms with Gasteiger partial charge in [-0.05, 0) is 115 Å². The van der Waals surface area contributed by atoms with E-state index in [0.29, 0.717) is 0 Å². The molecule has 0 bridgehead atoms. The molecule has 0 spiro atoms. The molecular formula is C52H37N. The molecule has 0 unspecified atom stereocenters. The Morgan fingerprint density at radius 1 is 0.208 bits per heavy atom. The molecule has 0 aliphatic carbocycles. The lowest BCUT2D eigenvalue weighted by atomic mass is 9.90. The summed E-state index contributed by atoms with van der Waals surface area (Å²) in [5.41, 5.74) is 15.3. The minimum Gasteiger partial charge on any atom is -0.310 e. The van der Waals surface area contributed by atoms with Crippen molar-refractivity contribution < 1.29 is 0 Å². The van der Waals surface area contributed by atoms with Crippen molar-refractivity contribution in [3.63, 3.8) is 0 Å². The summed E-state index contributed by atoms with van der Waals surface area (Å²) in [6.07, 6.45) is 0. The monoisotopic (exact) mass is 675 g/mol. The summed E-state index contributed by atoms with van der Waals surface area (Å²) in [7, 11) is 0. The highest BCUT2D eigenvalue weighted by molar-refractivity contribution is 5.93. The predicted molar refractivity (Wildman–Crippen MR) is 226 cm³/mol. The summed E-state index contributed by atoms with van der Waals surface area (Å²) in [4.78, 5) is 2.35. The Balaban J connectivity index is 1.12. The van der Waals surface area contributed by atoms with Crippen LogP contribution in [0.5, 0.6) is 0 Å². The first kappa shape index (κ1) is 32.0. The first-order valence-corrected chi connectivity index (χ1v) is 18.2. The van der Waals surface area contributed by atoms with Gasteiger partial charge >= 0.3 is 0 Å². The van der Waals surface area contributed by atoms with Crippen LogP contribution in [0.1, 0.15) is 0 Å². The third-order valence-corrected chi connectivity index (χ3v) is 10.1. The van der Waals surface area contributed by atoms with Gasteiger partial charge in [-0.15, -0.1) is 0 Å². The Bertz CT molecular complexity index is 2630. The fraction of sp³-hybridized carbons (Fsp3) is 0. The Hall–Kier alpha value is -6.96. The smallest absolute Gasteiger partial charge is 0.0467 e. The topological polar surface area (TPSA) is 3.24 Å². The van der Waals surface area contributed by atoms with Crippen molar-refractivity contribution in [3.05, 3.63) is 224 Å². The van der Waals surface area contributed by atoms with Gasteiger partial charge in [0.25, 0.3) is 0 Å². The molecule has 0 aliphatic rings. The third kappa shape index (κ3) is 6.65. The Labute approximate surface area is 311 Å². The normalized spacial score (nSPS) is 11.0. The zero-order valence-corrected chi connectivity index (χ0v) is 29.3. The van der Waals surface area contributed by atoms with E-state index in [4.69, 9.17) is 0 Å². The Morgan fingerprint density at radius 3 is 1.30 bits per heavy atom. The molecule has 1 nitrogen and oxygen atoms in total. The summed E-state index contributed by atoms with van der Waals surface area (Å²) < 4.78 is 0. The highest BCUT2D eigenvalue weighted by Crippen LogP contribution is 2.40. The minimum absolute atomic E-state index is 1.10. The molecule has 0 fully saturated rings. The zero-order chi connectivity index (χ0) is 35.4. The molecule has 9 aromatic carbocycles. The maximum atomic E-state index is 2.35. The van der Waals surface area contributed by atoms with Gasteiger partial charge in [-0.2, -0.15) is 0 Å². The number of benzene rings is 9. The number of anilines is 3. The number of fused-ring (bicyclic) bond motifs is 1. The van der Waals surface area contributed by atoms with E-state index in [1.165, 1.54) is 66.4 Å². The number of hydrogen-bond acceptors (Lipinski definition) is 1. The molecular weight excluding hydrogens is 639 g/mol. The summed E-state index contributed by atoms with van der Waals surface area (Å²) in [6.45, 7) is 0. The van der Waals surface area contributed by atoms with Crippen molar-refractivity contribution in [2.75, 3.05) is 4.90 Å². The third-order valence-electron chi connectivity index (χ3n) is 10.1. The predicted octanol–water partition coefficient (Wildman–Crippen LogP) is 14.6. The number of rotatable bonds is 8. The van der Waals surface area contributed by atoms with Crippen molar-refractivity contribution in [1.29, 1.82) is 0 Å². The van der Waals surface area contributed by atoms with E-state index in [0.717, 1.165) is 17.1 Å². The van der Waals surface area contributed by atoms with E-state index in [1.54, 1.807) is 0 Å². The molecule has 0 radical (unpaired) electrons. The first-order chi connectivity index (χ1) is 26.3. The van der Waals surface area contributed by atoms with E-state index in [-0.39, 0.29) is 0 Å². The molecule has 0 amide bonds. The van der Waals surface area contributed by atoms with Crippen LogP contribution in [0.3, 0.4) is 0 Å². The highest BCUT2D eigenvalue weighted by Gasteiger charge is 2.16. The maximum Gasteiger partial charge on any atom is 0.0467 e. The zero-order valence-electron chi connectivity index (χ0n) is 29.3. The lowest BCUT2D eigenvalue weighted by Gasteiger charge is -2.26. The van der Waals surface area contributed by atoms with Crippen LogP contribution < -0.4 is 4.90 Å². The van der Waals surface area contributed by atoms with Gasteiger partial charge in [0, 0.05) is 17.1 Å². The van der Waals surface area contributed by atoms with E-state index in [2.05, 4.69) is 229 Å². The average Bonchev–Trinajstić information content (AvgIpc) is 3.25. The van der Waals surface area contributed by atoms with E-state index in [1.807, 2.05) is 0 Å². The summed E-state index contributed by atoms with van der Waals surface area (Å²) in [6, 6.07) is 80.8. The van der Waals surface area contributed by atoms with Crippen LogP contribution in [0.2, 0.25) is 0 Å². The molecule has 1 heteroatoms. The summed E-state index contributed by atoms with van der Waals surface area (Å²) >= 11 is 0. The molecule has 0 aromatic heterocycles. The van der Waals surface area contributed by atoms with Crippen LogP contribution in [0, 0.1) is 0 Å². The van der Waals surface area contributed by atoms with Crippen molar-refractivity contribution in [2.24, 2.45) is 0 Å². The second-order valence-electron chi connectivity index (χ2n) is 13.4. The van der Waals surface area contributed by atoms with Crippen LogP contribution in [-0.4, -0.2) is 0 Å². The van der Waals surface area contributed by atoms with Crippen LogP contribution in [-0.2, 0) is 0 Å². The molecule has 9 aromatic rings. The van der Waals surface area contributed by atoms with Crippen LogP contribution in [0.25, 0.3) is 66.4 Å².